The van der Waals surface area contributed by atoms with Gasteiger partial charge in [-0.05, 0) is 54.5 Å². The average molecular weight is 500 g/mol. The minimum absolute atomic E-state index is 0.482. The van der Waals surface area contributed by atoms with E-state index in [0.29, 0.717) is 23.6 Å². The van der Waals surface area contributed by atoms with Gasteiger partial charge in [-0.3, -0.25) is 10.1 Å². The SMILES string of the molecule is CC(OC(=O)NC1=CCC=C1c1ccc(-c2ccc(C3(C(=O)O)CC3)cc2)cc1)c1ccccc1Cl. The third kappa shape index (κ3) is 4.67. The number of benzene rings is 3. The number of nitrogens with one attached hydrogen (secondary N) is 1. The summed E-state index contributed by atoms with van der Waals surface area (Å²) in [4.78, 5) is 24.2. The van der Waals surface area contributed by atoms with E-state index in [0.717, 1.165) is 39.8 Å². The minimum Gasteiger partial charge on any atom is -0.481 e. The second-order valence-corrected chi connectivity index (χ2v) is 9.61. The number of aliphatic carboxylic acids is 1. The van der Waals surface area contributed by atoms with Crippen molar-refractivity contribution >= 4 is 29.2 Å². The van der Waals surface area contributed by atoms with Crippen LogP contribution in [0.1, 0.15) is 49.0 Å². The van der Waals surface area contributed by atoms with Gasteiger partial charge in [0.2, 0.25) is 0 Å². The van der Waals surface area contributed by atoms with Gasteiger partial charge in [0.25, 0.3) is 0 Å². The molecule has 2 aliphatic rings. The number of alkyl carbamates (subject to hydrolysis) is 1. The Morgan fingerprint density at radius 1 is 0.917 bits per heavy atom. The summed E-state index contributed by atoms with van der Waals surface area (Å²) in [5.41, 5.74) is 5.63. The molecule has 0 aliphatic heterocycles. The van der Waals surface area contributed by atoms with Gasteiger partial charge in [-0.2, -0.15) is 0 Å². The quantitative estimate of drug-likeness (QED) is 0.358. The fraction of sp³-hybridized carbons (Fsp3) is 0.200. The first-order chi connectivity index (χ1) is 17.4. The maximum Gasteiger partial charge on any atom is 0.412 e. The molecule has 0 heterocycles. The van der Waals surface area contributed by atoms with Crippen LogP contribution in [0.3, 0.4) is 0 Å². The number of halogens is 1. The zero-order valence-corrected chi connectivity index (χ0v) is 20.6. The molecule has 2 N–H and O–H groups in total. The van der Waals surface area contributed by atoms with Gasteiger partial charge < -0.3 is 9.84 Å². The van der Waals surface area contributed by atoms with Crippen LogP contribution in [0.4, 0.5) is 4.79 Å². The van der Waals surface area contributed by atoms with Crippen LogP contribution in [0.25, 0.3) is 16.7 Å². The van der Waals surface area contributed by atoms with Gasteiger partial charge in [-0.1, -0.05) is 90.5 Å². The van der Waals surface area contributed by atoms with Gasteiger partial charge in [0, 0.05) is 21.9 Å². The van der Waals surface area contributed by atoms with E-state index in [1.165, 1.54) is 0 Å². The molecule has 1 amide bonds. The van der Waals surface area contributed by atoms with E-state index < -0.39 is 23.6 Å². The zero-order chi connectivity index (χ0) is 25.3. The first-order valence-corrected chi connectivity index (χ1v) is 12.3. The van der Waals surface area contributed by atoms with Gasteiger partial charge in [-0.15, -0.1) is 0 Å². The lowest BCUT2D eigenvalue weighted by Crippen LogP contribution is -2.25. The van der Waals surface area contributed by atoms with E-state index in [4.69, 9.17) is 16.3 Å². The monoisotopic (exact) mass is 499 g/mol. The number of allylic oxidation sites excluding steroid dienone is 3. The molecule has 2 aliphatic carbocycles. The lowest BCUT2D eigenvalue weighted by molar-refractivity contribution is -0.140. The van der Waals surface area contributed by atoms with E-state index >= 15 is 0 Å². The Morgan fingerprint density at radius 2 is 1.53 bits per heavy atom. The largest absolute Gasteiger partial charge is 0.481 e. The van der Waals surface area contributed by atoms with E-state index in [9.17, 15) is 14.7 Å². The highest BCUT2D eigenvalue weighted by atomic mass is 35.5. The summed E-state index contributed by atoms with van der Waals surface area (Å²) in [7, 11) is 0. The van der Waals surface area contributed by atoms with Gasteiger partial charge in [0.05, 0.1) is 5.41 Å². The van der Waals surface area contributed by atoms with Crippen LogP contribution in [0.15, 0.2) is 90.6 Å². The highest BCUT2D eigenvalue weighted by molar-refractivity contribution is 6.31. The van der Waals surface area contributed by atoms with E-state index in [2.05, 4.69) is 11.4 Å². The van der Waals surface area contributed by atoms with E-state index in [-0.39, 0.29) is 0 Å². The number of hydrogen-bond acceptors (Lipinski definition) is 3. The Hall–Kier alpha value is -3.83. The molecule has 0 aromatic heterocycles. The molecule has 0 radical (unpaired) electrons. The van der Waals surface area contributed by atoms with Gasteiger partial charge in [0.15, 0.2) is 0 Å². The fourth-order valence-electron chi connectivity index (χ4n) is 4.65. The number of hydrogen-bond donors (Lipinski definition) is 2. The second-order valence-electron chi connectivity index (χ2n) is 9.21. The average Bonchev–Trinajstić information content (AvgIpc) is 3.58. The van der Waals surface area contributed by atoms with Crippen LogP contribution < -0.4 is 5.32 Å². The van der Waals surface area contributed by atoms with Crippen molar-refractivity contribution in [3.05, 3.63) is 112 Å². The molecule has 0 bridgehead atoms. The molecule has 3 aromatic carbocycles. The standard InChI is InChI=1S/C30H26ClNO4/c1-19(24-5-2-3-7-26(24)31)36-29(35)32-27-8-4-6-25(27)22-11-9-20(10-12-22)21-13-15-23(16-14-21)30(17-18-30)28(33)34/h2-3,5-16,19H,4,17-18H2,1H3,(H,32,35)(H,33,34). The normalized spacial score (nSPS) is 16.5. The summed E-state index contributed by atoms with van der Waals surface area (Å²) in [6, 6.07) is 23.2. The molecule has 182 valence electrons. The number of carbonyl (C=O) groups excluding carboxylic acids is 1. The van der Waals surface area contributed by atoms with Crippen LogP contribution in [0, 0.1) is 0 Å². The third-order valence-corrected chi connectivity index (χ3v) is 7.27. The van der Waals surface area contributed by atoms with Crippen LogP contribution in [0.5, 0.6) is 0 Å². The first kappa shape index (κ1) is 23.9. The van der Waals surface area contributed by atoms with Crippen molar-refractivity contribution in [2.24, 2.45) is 0 Å². The lowest BCUT2D eigenvalue weighted by Gasteiger charge is -2.17. The smallest absolute Gasteiger partial charge is 0.412 e. The maximum absolute atomic E-state index is 12.6. The first-order valence-electron chi connectivity index (χ1n) is 11.9. The van der Waals surface area contributed by atoms with Crippen molar-refractivity contribution in [3.8, 4) is 11.1 Å². The number of carbonyl (C=O) groups is 2. The fourth-order valence-corrected chi connectivity index (χ4v) is 4.94. The van der Waals surface area contributed by atoms with Crippen molar-refractivity contribution in [1.82, 2.24) is 5.32 Å². The Labute approximate surface area is 215 Å². The van der Waals surface area contributed by atoms with Crippen molar-refractivity contribution in [2.45, 2.75) is 37.7 Å². The zero-order valence-electron chi connectivity index (χ0n) is 19.8. The summed E-state index contributed by atoms with van der Waals surface area (Å²) in [5, 5.41) is 12.9. The Kier molecular flexibility index (Phi) is 6.42. The molecule has 5 rings (SSSR count). The number of carboxylic acids is 1. The van der Waals surface area contributed by atoms with Crippen molar-refractivity contribution in [2.75, 3.05) is 0 Å². The molecular formula is C30H26ClNO4. The molecule has 0 saturated heterocycles. The summed E-state index contributed by atoms with van der Waals surface area (Å²) >= 11 is 6.22. The number of carboxylic acid groups (broad SMARTS) is 1. The van der Waals surface area contributed by atoms with Crippen molar-refractivity contribution < 1.29 is 19.4 Å². The molecule has 1 saturated carbocycles. The molecule has 1 fully saturated rings. The van der Waals surface area contributed by atoms with Gasteiger partial charge in [-0.25, -0.2) is 4.79 Å². The Balaban J connectivity index is 1.24. The molecule has 3 aromatic rings. The van der Waals surface area contributed by atoms with Crippen LogP contribution >= 0.6 is 11.6 Å². The minimum atomic E-state index is -0.746. The maximum atomic E-state index is 12.6. The molecule has 36 heavy (non-hydrogen) atoms. The van der Waals surface area contributed by atoms with Gasteiger partial charge >= 0.3 is 12.1 Å². The molecule has 1 atom stereocenters. The molecule has 6 heteroatoms. The molecular weight excluding hydrogens is 474 g/mol. The van der Waals surface area contributed by atoms with Crippen molar-refractivity contribution in [3.63, 3.8) is 0 Å². The van der Waals surface area contributed by atoms with E-state index in [1.54, 1.807) is 13.0 Å². The number of amides is 1. The summed E-state index contributed by atoms with van der Waals surface area (Å²) < 4.78 is 5.55. The van der Waals surface area contributed by atoms with Crippen LogP contribution in [0.2, 0.25) is 5.02 Å². The number of ether oxygens (including phenoxy) is 1. The summed E-state index contributed by atoms with van der Waals surface area (Å²) in [6.07, 6.45) is 5.12. The molecule has 5 nitrogen and oxygen atoms in total. The van der Waals surface area contributed by atoms with Crippen LogP contribution in [-0.2, 0) is 14.9 Å². The molecule has 0 spiro atoms. The third-order valence-electron chi connectivity index (χ3n) is 6.92. The highest BCUT2D eigenvalue weighted by Gasteiger charge is 2.51. The Morgan fingerprint density at radius 3 is 2.14 bits per heavy atom. The highest BCUT2D eigenvalue weighted by Crippen LogP contribution is 2.48. The van der Waals surface area contributed by atoms with Gasteiger partial charge in [0.1, 0.15) is 6.10 Å². The number of rotatable bonds is 7. The second kappa shape index (κ2) is 9.67. The summed E-state index contributed by atoms with van der Waals surface area (Å²) in [6.45, 7) is 1.79. The Bertz CT molecular complexity index is 1370. The lowest BCUT2D eigenvalue weighted by atomic mass is 9.93. The van der Waals surface area contributed by atoms with Crippen LogP contribution in [-0.4, -0.2) is 17.2 Å². The topological polar surface area (TPSA) is 75.6 Å². The van der Waals surface area contributed by atoms with E-state index in [1.807, 2.05) is 72.8 Å². The molecule has 1 unspecified atom stereocenters. The predicted octanol–water partition coefficient (Wildman–Crippen LogP) is 7.28. The summed E-state index contributed by atoms with van der Waals surface area (Å²) in [5.74, 6) is -0.746. The van der Waals surface area contributed by atoms with Crippen molar-refractivity contribution in [1.29, 1.82) is 0 Å². The predicted molar refractivity (Wildman–Crippen MR) is 141 cm³/mol.